The van der Waals surface area contributed by atoms with Crippen LogP contribution in [-0.4, -0.2) is 17.4 Å². The molecule has 0 saturated heterocycles. The molecule has 1 aliphatic rings. The van der Waals surface area contributed by atoms with Gasteiger partial charge in [0.05, 0.1) is 10.9 Å². The van der Waals surface area contributed by atoms with Crippen LogP contribution in [0, 0.1) is 17.3 Å². The van der Waals surface area contributed by atoms with Gasteiger partial charge < -0.3 is 5.32 Å². The lowest BCUT2D eigenvalue weighted by Crippen LogP contribution is -2.29. The van der Waals surface area contributed by atoms with Crippen LogP contribution in [-0.2, 0) is 11.2 Å². The SMILES string of the molecule is CC(C)=CC1C(C(=O)NCCc2ccc(Cl)cn2)C1(C)C. The first-order valence-electron chi connectivity index (χ1n) is 7.35. The molecule has 1 heterocycles. The summed E-state index contributed by atoms with van der Waals surface area (Å²) < 4.78 is 0. The van der Waals surface area contributed by atoms with Crippen molar-refractivity contribution < 1.29 is 4.79 Å². The zero-order chi connectivity index (χ0) is 15.6. The van der Waals surface area contributed by atoms with Gasteiger partial charge in [-0.2, -0.15) is 0 Å². The summed E-state index contributed by atoms with van der Waals surface area (Å²) >= 11 is 5.80. The Morgan fingerprint density at radius 2 is 2.14 bits per heavy atom. The molecule has 0 bridgehead atoms. The Labute approximate surface area is 131 Å². The summed E-state index contributed by atoms with van der Waals surface area (Å²) in [6, 6.07) is 3.71. The van der Waals surface area contributed by atoms with E-state index in [4.69, 9.17) is 11.6 Å². The first kappa shape index (κ1) is 16.0. The lowest BCUT2D eigenvalue weighted by atomic mass is 10.1. The van der Waals surface area contributed by atoms with Crippen LogP contribution in [0.25, 0.3) is 0 Å². The zero-order valence-corrected chi connectivity index (χ0v) is 13.9. The number of hydrogen-bond acceptors (Lipinski definition) is 2. The van der Waals surface area contributed by atoms with Gasteiger partial charge >= 0.3 is 0 Å². The van der Waals surface area contributed by atoms with Gasteiger partial charge in [-0.3, -0.25) is 9.78 Å². The quantitative estimate of drug-likeness (QED) is 0.844. The molecule has 2 atom stereocenters. The molecule has 3 nitrogen and oxygen atoms in total. The van der Waals surface area contributed by atoms with Crippen LogP contribution < -0.4 is 5.32 Å². The minimum atomic E-state index is 0.0693. The molecule has 2 unspecified atom stereocenters. The summed E-state index contributed by atoms with van der Waals surface area (Å²) in [6.45, 7) is 9.08. The Hall–Kier alpha value is -1.35. The van der Waals surface area contributed by atoms with Crippen LogP contribution >= 0.6 is 11.6 Å². The molecule has 1 aliphatic carbocycles. The molecule has 1 saturated carbocycles. The molecule has 0 aromatic carbocycles. The molecular formula is C17H23ClN2O. The predicted molar refractivity (Wildman–Crippen MR) is 86.2 cm³/mol. The third kappa shape index (κ3) is 3.85. The number of rotatable bonds is 5. The van der Waals surface area contributed by atoms with Crippen molar-refractivity contribution in [3.8, 4) is 0 Å². The van der Waals surface area contributed by atoms with Gasteiger partial charge in [0.1, 0.15) is 0 Å². The van der Waals surface area contributed by atoms with Crippen molar-refractivity contribution in [2.45, 2.75) is 34.1 Å². The smallest absolute Gasteiger partial charge is 0.224 e. The van der Waals surface area contributed by atoms with Crippen LogP contribution in [0.1, 0.15) is 33.4 Å². The third-order valence-corrected chi connectivity index (χ3v) is 4.40. The Bertz CT molecular complexity index is 544. The van der Waals surface area contributed by atoms with Crippen molar-refractivity contribution in [3.63, 3.8) is 0 Å². The standard InChI is InChI=1S/C17H23ClN2O/c1-11(2)9-14-15(17(14,3)4)16(21)19-8-7-13-6-5-12(18)10-20-13/h5-6,9-10,14-15H,7-8H2,1-4H3,(H,19,21). The topological polar surface area (TPSA) is 42.0 Å². The highest BCUT2D eigenvalue weighted by atomic mass is 35.5. The van der Waals surface area contributed by atoms with Gasteiger partial charge in [-0.05, 0) is 37.3 Å². The monoisotopic (exact) mass is 306 g/mol. The number of nitrogens with one attached hydrogen (secondary N) is 1. The fraction of sp³-hybridized carbons (Fsp3) is 0.529. The van der Waals surface area contributed by atoms with E-state index in [-0.39, 0.29) is 17.2 Å². The zero-order valence-electron chi connectivity index (χ0n) is 13.1. The van der Waals surface area contributed by atoms with Gasteiger partial charge in [0.15, 0.2) is 0 Å². The van der Waals surface area contributed by atoms with E-state index in [9.17, 15) is 4.79 Å². The summed E-state index contributed by atoms with van der Waals surface area (Å²) in [5.41, 5.74) is 2.28. The maximum absolute atomic E-state index is 12.3. The summed E-state index contributed by atoms with van der Waals surface area (Å²) in [7, 11) is 0. The lowest BCUT2D eigenvalue weighted by molar-refractivity contribution is -0.123. The molecule has 2 rings (SSSR count). The highest BCUT2D eigenvalue weighted by Crippen LogP contribution is 2.59. The molecule has 1 aromatic heterocycles. The van der Waals surface area contributed by atoms with Crippen molar-refractivity contribution in [2.75, 3.05) is 6.54 Å². The van der Waals surface area contributed by atoms with Crippen LogP contribution in [0.3, 0.4) is 0 Å². The van der Waals surface area contributed by atoms with E-state index in [2.05, 4.69) is 44.1 Å². The number of pyridine rings is 1. The summed E-state index contributed by atoms with van der Waals surface area (Å²) in [4.78, 5) is 16.5. The van der Waals surface area contributed by atoms with Gasteiger partial charge in [0.25, 0.3) is 0 Å². The fourth-order valence-electron chi connectivity index (χ4n) is 2.83. The minimum Gasteiger partial charge on any atom is -0.355 e. The minimum absolute atomic E-state index is 0.0693. The second-order valence-electron chi connectivity index (χ2n) is 6.58. The average molecular weight is 307 g/mol. The molecule has 1 aromatic rings. The van der Waals surface area contributed by atoms with Crippen molar-refractivity contribution in [1.82, 2.24) is 10.3 Å². The number of carbonyl (C=O) groups excluding carboxylic acids is 1. The molecule has 1 amide bonds. The van der Waals surface area contributed by atoms with E-state index >= 15 is 0 Å². The predicted octanol–water partition coefficient (Wildman–Crippen LogP) is 3.63. The molecule has 0 aliphatic heterocycles. The van der Waals surface area contributed by atoms with E-state index in [1.54, 1.807) is 6.20 Å². The van der Waals surface area contributed by atoms with Crippen LogP contribution in [0.4, 0.5) is 0 Å². The Morgan fingerprint density at radius 3 is 2.71 bits per heavy atom. The molecule has 4 heteroatoms. The fourth-order valence-corrected chi connectivity index (χ4v) is 2.94. The summed E-state index contributed by atoms with van der Waals surface area (Å²) in [6.07, 6.45) is 4.57. The molecule has 0 radical (unpaired) electrons. The number of hydrogen-bond donors (Lipinski definition) is 1. The third-order valence-electron chi connectivity index (χ3n) is 4.18. The number of aromatic nitrogens is 1. The van der Waals surface area contributed by atoms with Crippen LogP contribution in [0.2, 0.25) is 5.02 Å². The van der Waals surface area contributed by atoms with Gasteiger partial charge in [-0.1, -0.05) is 37.1 Å². The number of amides is 1. The van der Waals surface area contributed by atoms with Crippen molar-refractivity contribution >= 4 is 17.5 Å². The highest BCUT2D eigenvalue weighted by molar-refractivity contribution is 6.30. The van der Waals surface area contributed by atoms with Crippen LogP contribution in [0.15, 0.2) is 30.0 Å². The molecule has 1 N–H and O–H groups in total. The number of carbonyl (C=O) groups is 1. The normalized spacial score (nSPS) is 22.5. The number of halogens is 1. The Balaban J connectivity index is 1.83. The van der Waals surface area contributed by atoms with Crippen LogP contribution in [0.5, 0.6) is 0 Å². The molecular weight excluding hydrogens is 284 g/mol. The molecule has 114 valence electrons. The number of nitrogens with zero attached hydrogens (tertiary/aromatic N) is 1. The van der Waals surface area contributed by atoms with Gasteiger partial charge in [-0.25, -0.2) is 0 Å². The number of allylic oxidation sites excluding steroid dienone is 2. The van der Waals surface area contributed by atoms with E-state index in [0.29, 0.717) is 17.5 Å². The highest BCUT2D eigenvalue weighted by Gasteiger charge is 2.60. The van der Waals surface area contributed by atoms with Crippen molar-refractivity contribution in [3.05, 3.63) is 40.7 Å². The first-order chi connectivity index (χ1) is 9.82. The maximum atomic E-state index is 12.3. The first-order valence-corrected chi connectivity index (χ1v) is 7.73. The molecule has 21 heavy (non-hydrogen) atoms. The van der Waals surface area contributed by atoms with Gasteiger partial charge in [0.2, 0.25) is 5.91 Å². The Morgan fingerprint density at radius 1 is 1.43 bits per heavy atom. The van der Waals surface area contributed by atoms with Crippen molar-refractivity contribution in [1.29, 1.82) is 0 Å². The van der Waals surface area contributed by atoms with Gasteiger partial charge in [-0.15, -0.1) is 0 Å². The lowest BCUT2D eigenvalue weighted by Gasteiger charge is -2.06. The Kier molecular flexibility index (Phi) is 4.72. The largest absolute Gasteiger partial charge is 0.355 e. The van der Waals surface area contributed by atoms with E-state index < -0.39 is 0 Å². The van der Waals surface area contributed by atoms with Gasteiger partial charge in [0, 0.05) is 24.9 Å². The molecule has 0 spiro atoms. The van der Waals surface area contributed by atoms with E-state index in [1.165, 1.54) is 5.57 Å². The average Bonchev–Trinajstić information content (AvgIpc) is 2.92. The summed E-state index contributed by atoms with van der Waals surface area (Å²) in [5, 5.41) is 3.66. The van der Waals surface area contributed by atoms with E-state index in [1.807, 2.05) is 12.1 Å². The summed E-state index contributed by atoms with van der Waals surface area (Å²) in [5.74, 6) is 0.596. The van der Waals surface area contributed by atoms with E-state index in [0.717, 1.165) is 12.1 Å². The molecule has 1 fully saturated rings. The van der Waals surface area contributed by atoms with Crippen molar-refractivity contribution in [2.24, 2.45) is 17.3 Å². The second kappa shape index (κ2) is 6.18. The maximum Gasteiger partial charge on any atom is 0.224 e. The second-order valence-corrected chi connectivity index (χ2v) is 7.01.